The summed E-state index contributed by atoms with van der Waals surface area (Å²) in [6.07, 6.45) is 2.28. The Balaban J connectivity index is 0.000000159. The van der Waals surface area contributed by atoms with Crippen LogP contribution in [0.25, 0.3) is 0 Å². The van der Waals surface area contributed by atoms with E-state index in [1.807, 2.05) is 69.5 Å². The zero-order chi connectivity index (χ0) is 52.0. The summed E-state index contributed by atoms with van der Waals surface area (Å²) in [6, 6.07) is 7.00. The molecule has 384 valence electrons. The van der Waals surface area contributed by atoms with E-state index in [4.69, 9.17) is 24.7 Å². The largest absolute Gasteiger partial charge is 0.507 e. The minimum Gasteiger partial charge on any atom is -0.507 e. The number of phenolic OH excluding ortho intramolecular Hbond substituents is 4. The Hall–Kier alpha value is -6.47. The number of piperazine rings is 2. The molecule has 7 N–H and O–H groups in total. The third-order valence-corrected chi connectivity index (χ3v) is 18.1. The van der Waals surface area contributed by atoms with Gasteiger partial charge in [-0.25, -0.2) is 0 Å². The van der Waals surface area contributed by atoms with Crippen LogP contribution in [0.5, 0.6) is 46.0 Å². The summed E-state index contributed by atoms with van der Waals surface area (Å²) in [5, 5.41) is 69.5. The smallest absolute Gasteiger partial charge is 0.231 e. The fraction of sp³-hybridized carbons (Fsp3) is 0.518. The van der Waals surface area contributed by atoms with Crippen LogP contribution in [0, 0.1) is 70.1 Å². The van der Waals surface area contributed by atoms with Gasteiger partial charge in [-0.15, -0.1) is 0 Å². The van der Waals surface area contributed by atoms with Gasteiger partial charge in [0.25, 0.3) is 0 Å². The van der Waals surface area contributed by atoms with Crippen molar-refractivity contribution < 1.29 is 44.2 Å². The fourth-order valence-corrected chi connectivity index (χ4v) is 14.2. The molecule has 0 aliphatic carbocycles. The van der Waals surface area contributed by atoms with Crippen molar-refractivity contribution in [2.24, 2.45) is 11.7 Å². The van der Waals surface area contributed by atoms with E-state index >= 15 is 0 Å². The van der Waals surface area contributed by atoms with Crippen LogP contribution in [-0.2, 0) is 30.5 Å². The number of hydrogen-bond donors (Lipinski definition) is 6. The molecule has 0 radical (unpaired) electrons. The minimum atomic E-state index is -0.483. The third kappa shape index (κ3) is 6.85. The molecule has 0 spiro atoms. The number of ether oxygens (including phenoxy) is 4. The molecule has 4 aromatic carbocycles. The van der Waals surface area contributed by atoms with Crippen LogP contribution in [-0.4, -0.2) is 123 Å². The molecular formula is C56H66N8O9. The Morgan fingerprint density at radius 3 is 1.45 bits per heavy atom. The van der Waals surface area contributed by atoms with Crippen molar-refractivity contribution in [3.63, 3.8) is 0 Å². The normalized spacial score (nSPS) is 28.0. The highest BCUT2D eigenvalue weighted by atomic mass is 16.7. The molecule has 0 aromatic heterocycles. The first-order chi connectivity index (χ1) is 34.9. The average Bonchev–Trinajstić information content (AvgIpc) is 4.08. The van der Waals surface area contributed by atoms with Crippen LogP contribution in [0.1, 0.15) is 116 Å². The summed E-state index contributed by atoms with van der Waals surface area (Å²) >= 11 is 0. The minimum absolute atomic E-state index is 0.0416. The zero-order valence-electron chi connectivity index (χ0n) is 43.3. The molecule has 2 saturated heterocycles. The molecule has 2 unspecified atom stereocenters. The lowest BCUT2D eigenvalue weighted by atomic mass is 9.71. The van der Waals surface area contributed by atoms with Crippen LogP contribution in [0.15, 0.2) is 12.1 Å². The van der Waals surface area contributed by atoms with Gasteiger partial charge in [-0.3, -0.25) is 24.4 Å². The number of rotatable bonds is 4. The van der Waals surface area contributed by atoms with Crippen LogP contribution < -0.4 is 30.0 Å². The first kappa shape index (κ1) is 48.8. The number of benzene rings is 4. The molecule has 4 bridgehead atoms. The molecule has 4 aromatic rings. The van der Waals surface area contributed by atoms with E-state index in [0.717, 1.165) is 66.8 Å². The van der Waals surface area contributed by atoms with Crippen LogP contribution in [0.4, 0.5) is 0 Å². The number of nitriles is 2. The van der Waals surface area contributed by atoms with Crippen molar-refractivity contribution in [2.45, 2.75) is 141 Å². The lowest BCUT2D eigenvalue weighted by molar-refractivity contribution is -0.125. The highest BCUT2D eigenvalue weighted by Gasteiger charge is 2.58. The number of nitrogens with two attached hydrogens (primary N) is 1. The van der Waals surface area contributed by atoms with Crippen molar-refractivity contribution in [3.8, 4) is 58.1 Å². The van der Waals surface area contributed by atoms with Crippen LogP contribution >= 0.6 is 0 Å². The lowest BCUT2D eigenvalue weighted by Gasteiger charge is -2.60. The van der Waals surface area contributed by atoms with Gasteiger partial charge >= 0.3 is 0 Å². The van der Waals surface area contributed by atoms with Crippen molar-refractivity contribution in [3.05, 3.63) is 90.0 Å². The first-order valence-electron chi connectivity index (χ1n) is 25.5. The molecule has 12 rings (SSSR count). The van der Waals surface area contributed by atoms with E-state index in [-0.39, 0.29) is 92.3 Å². The van der Waals surface area contributed by atoms with Gasteiger partial charge in [0.05, 0.1) is 36.3 Å². The SMILES string of the molecule is Cc1cc2c(c(O)c1C)[C@@H]1C3Cc4c(O)c(C)c5c(c4[C@H](CN)N3[C@@H](C#N)[C@H](C2)N1C)OCO5.Cc1cc2c(c(O)c1C)[C@@H]1C3Cc4c(O)c(C)c5c(c4[C@H](CNC(=O)C(C)C)N3[C@@H](C#N)[C@H](C2)N1C)OCO5. The number of carbonyl (C=O) groups is 1. The Labute approximate surface area is 426 Å². The molecule has 2 fully saturated rings. The Bertz CT molecular complexity index is 3110. The molecule has 17 nitrogen and oxygen atoms in total. The number of amides is 1. The van der Waals surface area contributed by atoms with Gasteiger partial charge in [0.2, 0.25) is 19.5 Å². The first-order valence-corrected chi connectivity index (χ1v) is 25.5. The Kier molecular flexibility index (Phi) is 11.8. The fourth-order valence-electron chi connectivity index (χ4n) is 14.2. The van der Waals surface area contributed by atoms with Crippen LogP contribution in [0.2, 0.25) is 0 Å². The van der Waals surface area contributed by atoms with Crippen LogP contribution in [0.3, 0.4) is 0 Å². The number of aryl methyl sites for hydroxylation is 2. The van der Waals surface area contributed by atoms with Gasteiger partial charge in [0.15, 0.2) is 23.0 Å². The summed E-state index contributed by atoms with van der Waals surface area (Å²) in [5.41, 5.74) is 18.7. The second-order valence-electron chi connectivity index (χ2n) is 21.9. The van der Waals surface area contributed by atoms with Gasteiger partial charge in [0.1, 0.15) is 35.1 Å². The van der Waals surface area contributed by atoms with E-state index in [0.29, 0.717) is 71.3 Å². The summed E-state index contributed by atoms with van der Waals surface area (Å²) in [6.45, 7) is 15.9. The predicted molar refractivity (Wildman–Crippen MR) is 269 cm³/mol. The molecule has 10 atom stereocenters. The zero-order valence-corrected chi connectivity index (χ0v) is 43.3. The van der Waals surface area contributed by atoms with Crippen molar-refractivity contribution >= 4 is 5.91 Å². The van der Waals surface area contributed by atoms with E-state index in [9.17, 15) is 35.7 Å². The standard InChI is InChI=1S/C30H36N4O5.C26H30N4O4/c1-13(2)30(37)32-11-22-24-18(26(35)16(5)28-29(24)39-12-38-28)9-20-25-23-17(7-14(3)15(4)27(23)36)8-19(33(25)6)21(10-31)34(20)22;1-11-5-14-6-16-18(8-27)30-17(22(29(16)4)20(14)24(32)12(11)2)7-15-21(19(30)9-28)26-25(33-10-34-26)13(3)23(15)31/h7,13,19-22,25,35-36H,8-9,11-12H2,1-6H3,(H,32,37);5,16-19,22,31-32H,6-7,9-10,28H2,1-4H3/t19-,20?,21-,22-,25-;16-,17?,18-,19-,22-/m00/s1. The number of aromatic hydroxyl groups is 4. The number of hydrogen-bond acceptors (Lipinski definition) is 16. The van der Waals surface area contributed by atoms with Crippen molar-refractivity contribution in [2.75, 3.05) is 40.8 Å². The number of phenols is 4. The van der Waals surface area contributed by atoms with Crippen molar-refractivity contribution in [1.82, 2.24) is 24.9 Å². The summed E-state index contributed by atoms with van der Waals surface area (Å²) in [5.74, 6) is 3.01. The van der Waals surface area contributed by atoms with Gasteiger partial charge < -0.3 is 50.4 Å². The van der Waals surface area contributed by atoms with Gasteiger partial charge in [-0.05, 0) is 115 Å². The Morgan fingerprint density at radius 2 is 1.04 bits per heavy atom. The number of fused-ring (bicyclic) bond motifs is 18. The maximum absolute atomic E-state index is 12.7. The lowest BCUT2D eigenvalue weighted by Crippen LogP contribution is -2.68. The van der Waals surface area contributed by atoms with E-state index in [1.54, 1.807) is 0 Å². The summed E-state index contributed by atoms with van der Waals surface area (Å²) < 4.78 is 23.3. The quantitative estimate of drug-likeness (QED) is 0.142. The predicted octanol–water partition coefficient (Wildman–Crippen LogP) is 5.78. The molecule has 73 heavy (non-hydrogen) atoms. The molecule has 17 heteroatoms. The highest BCUT2D eigenvalue weighted by molar-refractivity contribution is 5.78. The monoisotopic (exact) mass is 994 g/mol. The summed E-state index contributed by atoms with van der Waals surface area (Å²) in [4.78, 5) is 21.7. The Morgan fingerprint density at radius 1 is 0.630 bits per heavy atom. The number of nitrogens with one attached hydrogen (secondary N) is 1. The number of likely N-dealkylation sites (N-methyl/N-ethyl adjacent to an activating group) is 2. The van der Waals surface area contributed by atoms with Gasteiger partial charge in [0, 0.05) is 87.7 Å². The third-order valence-electron chi connectivity index (χ3n) is 18.1. The van der Waals surface area contributed by atoms with E-state index < -0.39 is 18.1 Å². The molecule has 8 heterocycles. The number of carbonyl (C=O) groups excluding carboxylic acids is 1. The number of nitrogens with zero attached hydrogens (tertiary/aromatic N) is 6. The molecular weight excluding hydrogens is 929 g/mol. The van der Waals surface area contributed by atoms with Crippen molar-refractivity contribution in [1.29, 1.82) is 10.5 Å². The van der Waals surface area contributed by atoms with Gasteiger partial charge in [-0.1, -0.05) is 26.0 Å². The topological polar surface area (TPSA) is 233 Å². The van der Waals surface area contributed by atoms with Gasteiger partial charge in [-0.2, -0.15) is 10.5 Å². The highest BCUT2D eigenvalue weighted by Crippen LogP contribution is 2.60. The maximum Gasteiger partial charge on any atom is 0.231 e. The maximum atomic E-state index is 12.7. The molecule has 1 amide bonds. The molecule has 8 aliphatic rings. The molecule has 0 saturated carbocycles. The summed E-state index contributed by atoms with van der Waals surface area (Å²) in [7, 11) is 4.08. The average molecular weight is 995 g/mol. The van der Waals surface area contributed by atoms with E-state index in [1.165, 1.54) is 0 Å². The second-order valence-corrected chi connectivity index (χ2v) is 21.9. The second kappa shape index (κ2) is 17.6. The van der Waals surface area contributed by atoms with E-state index in [2.05, 4.69) is 49.2 Å². The molecule has 8 aliphatic heterocycles.